The lowest BCUT2D eigenvalue weighted by Crippen LogP contribution is -2.14. The molecule has 2 aromatic rings. The molecule has 2 rings (SSSR count). The Morgan fingerprint density at radius 3 is 2.67 bits per heavy atom. The summed E-state index contributed by atoms with van der Waals surface area (Å²) >= 11 is 0. The van der Waals surface area contributed by atoms with E-state index in [0.29, 0.717) is 28.3 Å². The Labute approximate surface area is 123 Å². The van der Waals surface area contributed by atoms with Crippen molar-refractivity contribution in [3.05, 3.63) is 53.1 Å². The van der Waals surface area contributed by atoms with E-state index in [0.717, 1.165) is 5.56 Å². The fourth-order valence-electron chi connectivity index (χ4n) is 2.00. The second kappa shape index (κ2) is 5.97. The molecule has 0 bridgehead atoms. The SMILES string of the molecule is COc1cc(C#N)ccc1NC(=O)c1ccc(N)cc1C. The summed E-state index contributed by atoms with van der Waals surface area (Å²) in [4.78, 5) is 12.3. The zero-order valence-electron chi connectivity index (χ0n) is 11.8. The van der Waals surface area contributed by atoms with Crippen molar-refractivity contribution in [3.8, 4) is 11.8 Å². The van der Waals surface area contributed by atoms with Crippen LogP contribution in [-0.2, 0) is 0 Å². The summed E-state index contributed by atoms with van der Waals surface area (Å²) in [5, 5.41) is 11.6. The van der Waals surface area contributed by atoms with Gasteiger partial charge in [0.2, 0.25) is 0 Å². The van der Waals surface area contributed by atoms with Crippen LogP contribution in [0.3, 0.4) is 0 Å². The van der Waals surface area contributed by atoms with Crippen molar-refractivity contribution in [3.63, 3.8) is 0 Å². The number of hydrogen-bond donors (Lipinski definition) is 2. The maximum Gasteiger partial charge on any atom is 0.256 e. The molecule has 0 atom stereocenters. The lowest BCUT2D eigenvalue weighted by Gasteiger charge is -2.12. The first kappa shape index (κ1) is 14.4. The fourth-order valence-corrected chi connectivity index (χ4v) is 2.00. The van der Waals surface area contributed by atoms with Crippen LogP contribution in [0.5, 0.6) is 5.75 Å². The van der Waals surface area contributed by atoms with Gasteiger partial charge in [-0.1, -0.05) is 0 Å². The van der Waals surface area contributed by atoms with Crippen LogP contribution in [0.2, 0.25) is 0 Å². The lowest BCUT2D eigenvalue weighted by molar-refractivity contribution is 0.102. The van der Waals surface area contributed by atoms with Crippen LogP contribution in [0, 0.1) is 18.3 Å². The Balaban J connectivity index is 2.29. The standard InChI is InChI=1S/C16H15N3O2/c1-10-7-12(18)4-5-13(10)16(20)19-14-6-3-11(9-17)8-15(14)21-2/h3-8H,18H2,1-2H3,(H,19,20). The van der Waals surface area contributed by atoms with Crippen molar-refractivity contribution in [2.45, 2.75) is 6.92 Å². The van der Waals surface area contributed by atoms with Gasteiger partial charge in [0.15, 0.2) is 0 Å². The van der Waals surface area contributed by atoms with Crippen LogP contribution < -0.4 is 15.8 Å². The zero-order valence-corrected chi connectivity index (χ0v) is 11.8. The van der Waals surface area contributed by atoms with Crippen LogP contribution in [0.1, 0.15) is 21.5 Å². The molecule has 0 fully saturated rings. The molecular formula is C16H15N3O2. The predicted octanol–water partition coefficient (Wildman–Crippen LogP) is 2.71. The molecule has 3 N–H and O–H groups in total. The summed E-state index contributed by atoms with van der Waals surface area (Å²) in [6.07, 6.45) is 0. The van der Waals surface area contributed by atoms with Gasteiger partial charge >= 0.3 is 0 Å². The van der Waals surface area contributed by atoms with Crippen LogP contribution in [0.25, 0.3) is 0 Å². The minimum atomic E-state index is -0.254. The quantitative estimate of drug-likeness (QED) is 0.847. The number of carbonyl (C=O) groups is 1. The number of hydrogen-bond acceptors (Lipinski definition) is 4. The number of anilines is 2. The maximum absolute atomic E-state index is 12.3. The van der Waals surface area contributed by atoms with Gasteiger partial charge in [0.1, 0.15) is 5.75 Å². The molecule has 5 heteroatoms. The Morgan fingerprint density at radius 1 is 1.29 bits per heavy atom. The topological polar surface area (TPSA) is 88.1 Å². The molecule has 21 heavy (non-hydrogen) atoms. The molecule has 0 aromatic heterocycles. The Bertz CT molecular complexity index is 733. The first-order valence-electron chi connectivity index (χ1n) is 6.30. The number of nitriles is 1. The third kappa shape index (κ3) is 3.12. The number of aryl methyl sites for hydroxylation is 1. The predicted molar refractivity (Wildman–Crippen MR) is 81.3 cm³/mol. The smallest absolute Gasteiger partial charge is 0.256 e. The summed E-state index contributed by atoms with van der Waals surface area (Å²) in [5.41, 5.74) is 8.59. The van der Waals surface area contributed by atoms with E-state index in [1.807, 2.05) is 13.0 Å². The third-order valence-corrected chi connectivity index (χ3v) is 3.07. The Kier molecular flexibility index (Phi) is 4.10. The average Bonchev–Trinajstić information content (AvgIpc) is 2.47. The Hall–Kier alpha value is -3.00. The molecule has 1 amide bonds. The van der Waals surface area contributed by atoms with Crippen molar-refractivity contribution >= 4 is 17.3 Å². The van der Waals surface area contributed by atoms with E-state index in [-0.39, 0.29) is 5.91 Å². The van der Waals surface area contributed by atoms with Crippen molar-refractivity contribution in [2.24, 2.45) is 0 Å². The zero-order chi connectivity index (χ0) is 15.4. The van der Waals surface area contributed by atoms with Crippen molar-refractivity contribution in [1.82, 2.24) is 0 Å². The fraction of sp³-hybridized carbons (Fsp3) is 0.125. The first-order valence-corrected chi connectivity index (χ1v) is 6.30. The number of nitrogens with zero attached hydrogens (tertiary/aromatic N) is 1. The van der Waals surface area contributed by atoms with Crippen LogP contribution in [0.15, 0.2) is 36.4 Å². The summed E-state index contributed by atoms with van der Waals surface area (Å²) < 4.78 is 5.19. The van der Waals surface area contributed by atoms with Gasteiger partial charge < -0.3 is 15.8 Å². The number of benzene rings is 2. The highest BCUT2D eigenvalue weighted by Gasteiger charge is 2.12. The average molecular weight is 281 g/mol. The second-order valence-electron chi connectivity index (χ2n) is 4.56. The number of carbonyl (C=O) groups excluding carboxylic acids is 1. The van der Waals surface area contributed by atoms with E-state index in [1.165, 1.54) is 7.11 Å². The molecule has 5 nitrogen and oxygen atoms in total. The lowest BCUT2D eigenvalue weighted by atomic mass is 10.1. The second-order valence-corrected chi connectivity index (χ2v) is 4.56. The molecule has 0 spiro atoms. The molecule has 0 aliphatic carbocycles. The van der Waals surface area contributed by atoms with E-state index >= 15 is 0 Å². The van der Waals surface area contributed by atoms with E-state index in [4.69, 9.17) is 15.7 Å². The highest BCUT2D eigenvalue weighted by atomic mass is 16.5. The van der Waals surface area contributed by atoms with Crippen molar-refractivity contribution in [1.29, 1.82) is 5.26 Å². The minimum Gasteiger partial charge on any atom is -0.495 e. The summed E-state index contributed by atoms with van der Waals surface area (Å²) in [6, 6.07) is 12.0. The van der Waals surface area contributed by atoms with Gasteiger partial charge in [0.25, 0.3) is 5.91 Å². The van der Waals surface area contributed by atoms with Crippen LogP contribution in [0.4, 0.5) is 11.4 Å². The molecule has 0 unspecified atom stereocenters. The first-order chi connectivity index (χ1) is 10.0. The molecule has 0 aliphatic rings. The van der Waals surface area contributed by atoms with Gasteiger partial charge in [-0.2, -0.15) is 5.26 Å². The van der Waals surface area contributed by atoms with Gasteiger partial charge in [-0.05, 0) is 42.8 Å². The number of nitrogen functional groups attached to an aromatic ring is 1. The number of nitrogens with one attached hydrogen (secondary N) is 1. The maximum atomic E-state index is 12.3. The monoisotopic (exact) mass is 281 g/mol. The van der Waals surface area contributed by atoms with Gasteiger partial charge in [0.05, 0.1) is 24.4 Å². The number of amides is 1. The van der Waals surface area contributed by atoms with Crippen LogP contribution in [-0.4, -0.2) is 13.0 Å². The van der Waals surface area contributed by atoms with Gasteiger partial charge in [-0.15, -0.1) is 0 Å². The summed E-state index contributed by atoms with van der Waals surface area (Å²) in [6.45, 7) is 1.82. The largest absolute Gasteiger partial charge is 0.495 e. The summed E-state index contributed by atoms with van der Waals surface area (Å²) in [5.74, 6) is 0.186. The van der Waals surface area contributed by atoms with Gasteiger partial charge in [0, 0.05) is 17.3 Å². The van der Waals surface area contributed by atoms with Crippen LogP contribution >= 0.6 is 0 Å². The highest BCUT2D eigenvalue weighted by Crippen LogP contribution is 2.26. The number of ether oxygens (including phenoxy) is 1. The molecule has 2 aromatic carbocycles. The molecule has 106 valence electrons. The van der Waals surface area contributed by atoms with Gasteiger partial charge in [-0.3, -0.25) is 4.79 Å². The molecule has 0 saturated heterocycles. The van der Waals surface area contributed by atoms with E-state index < -0.39 is 0 Å². The molecule has 0 saturated carbocycles. The highest BCUT2D eigenvalue weighted by molar-refractivity contribution is 6.06. The van der Waals surface area contributed by atoms with E-state index in [2.05, 4.69) is 5.32 Å². The molecule has 0 heterocycles. The summed E-state index contributed by atoms with van der Waals surface area (Å²) in [7, 11) is 1.49. The van der Waals surface area contributed by atoms with E-state index in [9.17, 15) is 4.79 Å². The van der Waals surface area contributed by atoms with Gasteiger partial charge in [-0.25, -0.2) is 0 Å². The van der Waals surface area contributed by atoms with E-state index in [1.54, 1.807) is 36.4 Å². The third-order valence-electron chi connectivity index (χ3n) is 3.07. The number of methoxy groups -OCH3 is 1. The molecular weight excluding hydrogens is 266 g/mol. The normalized spacial score (nSPS) is 9.76. The Morgan fingerprint density at radius 2 is 2.05 bits per heavy atom. The number of nitrogens with two attached hydrogens (primary N) is 1. The molecule has 0 radical (unpaired) electrons. The molecule has 0 aliphatic heterocycles. The van der Waals surface area contributed by atoms with Crippen molar-refractivity contribution in [2.75, 3.05) is 18.2 Å². The minimum absolute atomic E-state index is 0.254. The van der Waals surface area contributed by atoms with Crippen molar-refractivity contribution < 1.29 is 9.53 Å². The number of rotatable bonds is 3.